The van der Waals surface area contributed by atoms with Crippen LogP contribution in [0.15, 0.2) is 28.3 Å². The van der Waals surface area contributed by atoms with Gasteiger partial charge in [-0.15, -0.1) is 0 Å². The molecule has 0 spiro atoms. The molecule has 1 aromatic heterocycles. The molecule has 1 N–H and O–H groups in total. The Labute approximate surface area is 120 Å². The average Bonchev–Trinajstić information content (AvgIpc) is 2.72. The number of carboxylic acid groups (broad SMARTS) is 1. The van der Waals surface area contributed by atoms with Crippen molar-refractivity contribution in [2.45, 2.75) is 23.5 Å². The molecular weight excluding hydrogens is 300 g/mol. The molecule has 0 fully saturated rings. The van der Waals surface area contributed by atoms with Gasteiger partial charge in [-0.2, -0.15) is 0 Å². The van der Waals surface area contributed by atoms with Gasteiger partial charge in [0, 0.05) is 12.8 Å². The number of carboxylic acids is 1. The Morgan fingerprint density at radius 3 is 2.70 bits per heavy atom. The number of imidazole rings is 1. The predicted molar refractivity (Wildman–Crippen MR) is 76.9 cm³/mol. The van der Waals surface area contributed by atoms with Crippen molar-refractivity contribution in [1.82, 2.24) is 9.55 Å². The van der Waals surface area contributed by atoms with Gasteiger partial charge in [0.15, 0.2) is 15.0 Å². The number of hydrogen-bond acceptors (Lipinski definition) is 5. The summed E-state index contributed by atoms with van der Waals surface area (Å²) >= 11 is 1.08. The zero-order valence-corrected chi connectivity index (χ0v) is 12.7. The number of aryl methyl sites for hydroxylation is 1. The van der Waals surface area contributed by atoms with E-state index < -0.39 is 15.8 Å². The number of carbonyl (C=O) groups is 1. The van der Waals surface area contributed by atoms with Gasteiger partial charge >= 0.3 is 5.97 Å². The van der Waals surface area contributed by atoms with Gasteiger partial charge in [0.05, 0.1) is 16.2 Å². The summed E-state index contributed by atoms with van der Waals surface area (Å²) in [5, 5.41) is 9.26. The van der Waals surface area contributed by atoms with Crippen molar-refractivity contribution in [3.05, 3.63) is 18.2 Å². The highest BCUT2D eigenvalue weighted by Crippen LogP contribution is 2.28. The number of aromatic nitrogens is 2. The molecule has 0 radical (unpaired) electrons. The van der Waals surface area contributed by atoms with Gasteiger partial charge in [-0.05, 0) is 19.1 Å². The van der Waals surface area contributed by atoms with Crippen molar-refractivity contribution in [3.63, 3.8) is 0 Å². The van der Waals surface area contributed by atoms with E-state index in [1.54, 1.807) is 12.1 Å². The average molecular weight is 314 g/mol. The van der Waals surface area contributed by atoms with Crippen LogP contribution < -0.4 is 0 Å². The fraction of sp³-hybridized carbons (Fsp3) is 0.333. The smallest absolute Gasteiger partial charge is 0.313 e. The second kappa shape index (κ2) is 5.45. The number of rotatable bonds is 5. The van der Waals surface area contributed by atoms with Gasteiger partial charge in [0.1, 0.15) is 5.52 Å². The Morgan fingerprint density at radius 1 is 1.45 bits per heavy atom. The van der Waals surface area contributed by atoms with Gasteiger partial charge in [0.2, 0.25) is 0 Å². The molecule has 0 unspecified atom stereocenters. The van der Waals surface area contributed by atoms with Gasteiger partial charge in [-0.1, -0.05) is 17.8 Å². The molecule has 20 heavy (non-hydrogen) atoms. The zero-order valence-electron chi connectivity index (χ0n) is 11.0. The first-order valence-electron chi connectivity index (χ1n) is 5.88. The monoisotopic (exact) mass is 314 g/mol. The molecule has 0 aliphatic heterocycles. The highest BCUT2D eigenvalue weighted by molar-refractivity contribution is 7.99. The van der Waals surface area contributed by atoms with E-state index in [0.717, 1.165) is 18.0 Å². The highest BCUT2D eigenvalue weighted by atomic mass is 32.2. The van der Waals surface area contributed by atoms with Crippen molar-refractivity contribution in [2.75, 3.05) is 12.0 Å². The number of para-hydroxylation sites is 1. The third-order valence-electron chi connectivity index (χ3n) is 2.75. The number of hydrogen-bond donors (Lipinski definition) is 1. The molecule has 0 atom stereocenters. The Kier molecular flexibility index (Phi) is 4.05. The number of fused-ring (bicyclic) bond motifs is 1. The van der Waals surface area contributed by atoms with E-state index >= 15 is 0 Å². The fourth-order valence-electron chi connectivity index (χ4n) is 1.94. The van der Waals surface area contributed by atoms with Crippen molar-refractivity contribution >= 4 is 38.6 Å². The second-order valence-corrected chi connectivity index (χ2v) is 7.14. The molecule has 0 amide bonds. The lowest BCUT2D eigenvalue weighted by atomic mass is 10.3. The predicted octanol–water partition coefficient (Wildman–Crippen LogP) is 1.64. The van der Waals surface area contributed by atoms with Crippen LogP contribution in [0.1, 0.15) is 6.92 Å². The molecule has 8 heteroatoms. The Bertz CT molecular complexity index is 765. The van der Waals surface area contributed by atoms with Crippen LogP contribution in [0.3, 0.4) is 0 Å². The number of sulfone groups is 1. The summed E-state index contributed by atoms with van der Waals surface area (Å²) in [5.41, 5.74) is 1.09. The highest BCUT2D eigenvalue weighted by Gasteiger charge is 2.18. The lowest BCUT2D eigenvalue weighted by molar-refractivity contribution is -0.133. The maximum absolute atomic E-state index is 11.8. The summed E-state index contributed by atoms with van der Waals surface area (Å²) in [5.74, 6) is -1.05. The topological polar surface area (TPSA) is 89.3 Å². The summed E-state index contributed by atoms with van der Waals surface area (Å²) < 4.78 is 25.4. The maximum Gasteiger partial charge on any atom is 0.313 e. The minimum absolute atomic E-state index is 0.114. The number of thioether (sulfide) groups is 1. The molecule has 0 bridgehead atoms. The third-order valence-corrected chi connectivity index (χ3v) is 4.84. The van der Waals surface area contributed by atoms with Gasteiger partial charge < -0.3 is 9.67 Å². The summed E-state index contributed by atoms with van der Waals surface area (Å²) in [4.78, 5) is 15.1. The number of aliphatic carboxylic acids is 1. The third kappa shape index (κ3) is 2.80. The first kappa shape index (κ1) is 14.9. The first-order chi connectivity index (χ1) is 9.34. The lowest BCUT2D eigenvalue weighted by Gasteiger charge is -2.04. The van der Waals surface area contributed by atoms with Crippen molar-refractivity contribution in [3.8, 4) is 0 Å². The molecular formula is C12H14N2O4S2. The van der Waals surface area contributed by atoms with Crippen molar-refractivity contribution in [2.24, 2.45) is 0 Å². The minimum atomic E-state index is -3.37. The summed E-state index contributed by atoms with van der Waals surface area (Å²) in [6.07, 6.45) is 1.14. The standard InChI is InChI=1S/C12H14N2O4S2/c1-3-14-8-5-4-6-9(20(2,17)18)11(8)13-12(14)19-7-10(15)16/h4-6H,3,7H2,1-2H3,(H,15,16). The largest absolute Gasteiger partial charge is 0.481 e. The molecule has 0 aliphatic rings. The molecule has 0 saturated carbocycles. The SMILES string of the molecule is CCn1c(SCC(=O)O)nc2c(S(C)(=O)=O)cccc21. The lowest BCUT2D eigenvalue weighted by Crippen LogP contribution is -2.01. The maximum atomic E-state index is 11.8. The van der Waals surface area contributed by atoms with Crippen LogP contribution in [-0.4, -0.2) is 41.1 Å². The Hall–Kier alpha value is -1.54. The van der Waals surface area contributed by atoms with Gasteiger partial charge in [-0.25, -0.2) is 13.4 Å². The Balaban J connectivity index is 2.64. The van der Waals surface area contributed by atoms with Crippen molar-refractivity contribution < 1.29 is 18.3 Å². The molecule has 1 aromatic carbocycles. The van der Waals surface area contributed by atoms with E-state index in [2.05, 4.69) is 4.98 Å². The van der Waals surface area contributed by atoms with Crippen LogP contribution in [0, 0.1) is 0 Å². The summed E-state index contributed by atoms with van der Waals surface area (Å²) in [6.45, 7) is 2.49. The van der Waals surface area contributed by atoms with E-state index in [1.165, 1.54) is 6.07 Å². The van der Waals surface area contributed by atoms with Crippen molar-refractivity contribution in [1.29, 1.82) is 0 Å². The molecule has 1 heterocycles. The van der Waals surface area contributed by atoms with E-state index in [1.807, 2.05) is 11.5 Å². The fourth-order valence-corrected chi connectivity index (χ4v) is 3.56. The quantitative estimate of drug-likeness (QED) is 0.844. The number of nitrogens with zero attached hydrogens (tertiary/aromatic N) is 2. The molecule has 108 valence electrons. The van der Waals surface area contributed by atoms with Crippen LogP contribution in [0.4, 0.5) is 0 Å². The van der Waals surface area contributed by atoms with E-state index in [4.69, 9.17) is 5.11 Å². The molecule has 2 aromatic rings. The molecule has 6 nitrogen and oxygen atoms in total. The van der Waals surface area contributed by atoms with Crippen LogP contribution in [0.25, 0.3) is 11.0 Å². The van der Waals surface area contributed by atoms with Crippen LogP contribution in [0.5, 0.6) is 0 Å². The van der Waals surface area contributed by atoms with Gasteiger partial charge in [0.25, 0.3) is 0 Å². The van der Waals surface area contributed by atoms with Gasteiger partial charge in [-0.3, -0.25) is 4.79 Å². The second-order valence-electron chi connectivity index (χ2n) is 4.22. The summed E-state index contributed by atoms with van der Waals surface area (Å²) in [7, 11) is -3.37. The molecule has 0 saturated heterocycles. The molecule has 2 rings (SSSR count). The van der Waals surface area contributed by atoms with Crippen LogP contribution in [-0.2, 0) is 21.2 Å². The molecule has 0 aliphatic carbocycles. The first-order valence-corrected chi connectivity index (χ1v) is 8.76. The Morgan fingerprint density at radius 2 is 2.15 bits per heavy atom. The van der Waals surface area contributed by atoms with E-state index in [9.17, 15) is 13.2 Å². The summed E-state index contributed by atoms with van der Waals surface area (Å²) in [6, 6.07) is 4.96. The normalized spacial score (nSPS) is 11.9. The van der Waals surface area contributed by atoms with E-state index in [-0.39, 0.29) is 10.6 Å². The minimum Gasteiger partial charge on any atom is -0.481 e. The number of benzene rings is 1. The van der Waals surface area contributed by atoms with E-state index in [0.29, 0.717) is 22.7 Å². The zero-order chi connectivity index (χ0) is 14.9. The van der Waals surface area contributed by atoms with Crippen LogP contribution in [0.2, 0.25) is 0 Å². The van der Waals surface area contributed by atoms with Crippen LogP contribution >= 0.6 is 11.8 Å².